The maximum atomic E-state index is 11.7. The Labute approximate surface area is 125 Å². The van der Waals surface area contributed by atoms with Gasteiger partial charge in [0.1, 0.15) is 5.75 Å². The van der Waals surface area contributed by atoms with Crippen molar-refractivity contribution in [2.45, 2.75) is 33.1 Å². The Kier molecular flexibility index (Phi) is 7.08. The molecule has 1 rings (SSSR count). The number of carbonyl (C=O) groups is 2. The number of hydrogen-bond acceptors (Lipinski definition) is 3. The van der Waals surface area contributed by atoms with Crippen molar-refractivity contribution < 1.29 is 14.3 Å². The molecule has 0 bridgehead atoms. The average Bonchev–Trinajstić information content (AvgIpc) is 2.47. The Morgan fingerprint density at radius 3 is 2.67 bits per heavy atom. The lowest BCUT2D eigenvalue weighted by Gasteiger charge is -2.10. The Balaban J connectivity index is 2.38. The predicted octanol–water partition coefficient (Wildman–Crippen LogP) is 1.68. The summed E-state index contributed by atoms with van der Waals surface area (Å²) in [6.07, 6.45) is 2.08. The first-order valence-electron chi connectivity index (χ1n) is 7.03. The largest absolute Gasteiger partial charge is 0.496 e. The molecule has 6 nitrogen and oxygen atoms in total. The van der Waals surface area contributed by atoms with Crippen molar-refractivity contribution in [1.82, 2.24) is 16.2 Å². The predicted molar refractivity (Wildman–Crippen MR) is 81.0 cm³/mol. The molecule has 1 aromatic rings. The highest BCUT2D eigenvalue weighted by molar-refractivity contribution is 5.82. The number of benzene rings is 1. The molecule has 3 amide bonds. The summed E-state index contributed by atoms with van der Waals surface area (Å²) in [6.45, 7) is 4.56. The molecular formula is C15H23N3O3. The van der Waals surface area contributed by atoms with E-state index in [-0.39, 0.29) is 12.3 Å². The normalized spacial score (nSPS) is 9.86. The van der Waals surface area contributed by atoms with Gasteiger partial charge in [0.25, 0.3) is 0 Å². The zero-order valence-electron chi connectivity index (χ0n) is 12.8. The van der Waals surface area contributed by atoms with Crippen LogP contribution >= 0.6 is 0 Å². The molecule has 0 spiro atoms. The fourth-order valence-electron chi connectivity index (χ4n) is 1.75. The molecule has 0 aliphatic heterocycles. The van der Waals surface area contributed by atoms with E-state index in [2.05, 4.69) is 16.2 Å². The first-order valence-corrected chi connectivity index (χ1v) is 7.03. The van der Waals surface area contributed by atoms with Crippen molar-refractivity contribution in [3.63, 3.8) is 0 Å². The highest BCUT2D eigenvalue weighted by Gasteiger charge is 2.07. The SMILES string of the molecule is CCCCNC(=O)NNC(=O)Cc1ccc(C)c(OC)c1. The minimum absolute atomic E-state index is 0.172. The van der Waals surface area contributed by atoms with Crippen molar-refractivity contribution in [3.05, 3.63) is 29.3 Å². The molecule has 0 atom stereocenters. The van der Waals surface area contributed by atoms with Crippen LogP contribution in [0, 0.1) is 6.92 Å². The van der Waals surface area contributed by atoms with Gasteiger partial charge in [0, 0.05) is 6.54 Å². The summed E-state index contributed by atoms with van der Waals surface area (Å²) in [5.74, 6) is 0.456. The molecule has 0 heterocycles. The molecule has 0 aromatic heterocycles. The third-order valence-corrected chi connectivity index (χ3v) is 2.97. The summed E-state index contributed by atoms with van der Waals surface area (Å²) in [5, 5.41) is 2.64. The molecule has 116 valence electrons. The van der Waals surface area contributed by atoms with Crippen LogP contribution in [0.25, 0.3) is 0 Å². The van der Waals surface area contributed by atoms with Crippen LogP contribution in [0.5, 0.6) is 5.75 Å². The van der Waals surface area contributed by atoms with E-state index in [1.807, 2.05) is 32.0 Å². The van der Waals surface area contributed by atoms with Crippen LogP contribution in [0.4, 0.5) is 4.79 Å². The second kappa shape index (κ2) is 8.84. The molecule has 6 heteroatoms. The van der Waals surface area contributed by atoms with Gasteiger partial charge in [0.05, 0.1) is 13.5 Å². The lowest BCUT2D eigenvalue weighted by Crippen LogP contribution is -2.47. The van der Waals surface area contributed by atoms with Gasteiger partial charge in [-0.05, 0) is 30.5 Å². The Morgan fingerprint density at radius 2 is 2.00 bits per heavy atom. The fourth-order valence-corrected chi connectivity index (χ4v) is 1.75. The molecule has 0 unspecified atom stereocenters. The van der Waals surface area contributed by atoms with Gasteiger partial charge >= 0.3 is 6.03 Å². The van der Waals surface area contributed by atoms with E-state index in [9.17, 15) is 9.59 Å². The number of methoxy groups -OCH3 is 1. The summed E-state index contributed by atoms with van der Waals surface area (Å²) in [6, 6.07) is 5.17. The fraction of sp³-hybridized carbons (Fsp3) is 0.467. The Hall–Kier alpha value is -2.24. The maximum absolute atomic E-state index is 11.7. The molecule has 0 fully saturated rings. The van der Waals surface area contributed by atoms with E-state index < -0.39 is 6.03 Å². The van der Waals surface area contributed by atoms with Gasteiger partial charge in [0.15, 0.2) is 0 Å². The summed E-state index contributed by atoms with van der Waals surface area (Å²) < 4.78 is 5.21. The number of amides is 3. The topological polar surface area (TPSA) is 79.5 Å². The van der Waals surface area contributed by atoms with Gasteiger partial charge in [-0.3, -0.25) is 10.2 Å². The monoisotopic (exact) mass is 293 g/mol. The van der Waals surface area contributed by atoms with Gasteiger partial charge in [-0.2, -0.15) is 0 Å². The quantitative estimate of drug-likeness (QED) is 0.551. The number of ether oxygens (including phenoxy) is 1. The van der Waals surface area contributed by atoms with Crippen molar-refractivity contribution >= 4 is 11.9 Å². The summed E-state index contributed by atoms with van der Waals surface area (Å²) in [7, 11) is 1.59. The summed E-state index contributed by atoms with van der Waals surface area (Å²) >= 11 is 0. The number of urea groups is 1. The second-order valence-corrected chi connectivity index (χ2v) is 4.76. The van der Waals surface area contributed by atoms with Crippen LogP contribution < -0.4 is 20.9 Å². The number of nitrogens with one attached hydrogen (secondary N) is 3. The van der Waals surface area contributed by atoms with Crippen LogP contribution in [-0.2, 0) is 11.2 Å². The standard InChI is InChI=1S/C15H23N3O3/c1-4-5-8-16-15(20)18-17-14(19)10-12-7-6-11(2)13(9-12)21-3/h6-7,9H,4-5,8,10H2,1-3H3,(H,17,19)(H2,16,18,20). The smallest absolute Gasteiger partial charge is 0.333 e. The lowest BCUT2D eigenvalue weighted by atomic mass is 10.1. The molecule has 0 aliphatic carbocycles. The van der Waals surface area contributed by atoms with Crippen molar-refractivity contribution in [3.8, 4) is 5.75 Å². The van der Waals surface area contributed by atoms with Crippen molar-refractivity contribution in [2.75, 3.05) is 13.7 Å². The molecule has 3 N–H and O–H groups in total. The zero-order valence-corrected chi connectivity index (χ0v) is 12.8. The van der Waals surface area contributed by atoms with Gasteiger partial charge in [-0.25, -0.2) is 10.2 Å². The van der Waals surface area contributed by atoms with E-state index in [0.717, 1.165) is 29.7 Å². The average molecular weight is 293 g/mol. The van der Waals surface area contributed by atoms with Gasteiger partial charge < -0.3 is 10.1 Å². The summed E-state index contributed by atoms with van der Waals surface area (Å²) in [5.41, 5.74) is 6.52. The first-order chi connectivity index (χ1) is 10.1. The van der Waals surface area contributed by atoms with Gasteiger partial charge in [-0.1, -0.05) is 25.5 Å². The Morgan fingerprint density at radius 1 is 1.24 bits per heavy atom. The molecule has 21 heavy (non-hydrogen) atoms. The number of hydrogen-bond donors (Lipinski definition) is 3. The lowest BCUT2D eigenvalue weighted by molar-refractivity contribution is -0.121. The third-order valence-electron chi connectivity index (χ3n) is 2.97. The second-order valence-electron chi connectivity index (χ2n) is 4.76. The number of rotatable bonds is 6. The first kappa shape index (κ1) is 16.8. The van der Waals surface area contributed by atoms with E-state index in [4.69, 9.17) is 4.74 Å². The minimum atomic E-state index is -0.404. The van der Waals surface area contributed by atoms with E-state index in [0.29, 0.717) is 6.54 Å². The number of aryl methyl sites for hydroxylation is 1. The molecule has 0 radical (unpaired) electrons. The van der Waals surface area contributed by atoms with Crippen LogP contribution in [0.1, 0.15) is 30.9 Å². The zero-order chi connectivity index (χ0) is 15.7. The highest BCUT2D eigenvalue weighted by Crippen LogP contribution is 2.19. The number of unbranched alkanes of at least 4 members (excludes halogenated alkanes) is 1. The van der Waals surface area contributed by atoms with Crippen LogP contribution in [-0.4, -0.2) is 25.6 Å². The Bertz CT molecular complexity index is 489. The van der Waals surface area contributed by atoms with E-state index in [1.165, 1.54) is 0 Å². The van der Waals surface area contributed by atoms with Gasteiger partial charge in [-0.15, -0.1) is 0 Å². The number of hydrazine groups is 1. The molecule has 0 saturated carbocycles. The van der Waals surface area contributed by atoms with Crippen LogP contribution in [0.3, 0.4) is 0 Å². The molecule has 0 saturated heterocycles. The van der Waals surface area contributed by atoms with E-state index >= 15 is 0 Å². The molecular weight excluding hydrogens is 270 g/mol. The van der Waals surface area contributed by atoms with Crippen LogP contribution in [0.2, 0.25) is 0 Å². The van der Waals surface area contributed by atoms with Crippen molar-refractivity contribution in [2.24, 2.45) is 0 Å². The van der Waals surface area contributed by atoms with E-state index in [1.54, 1.807) is 7.11 Å². The third kappa shape index (κ3) is 6.16. The van der Waals surface area contributed by atoms with Crippen LogP contribution in [0.15, 0.2) is 18.2 Å². The minimum Gasteiger partial charge on any atom is -0.496 e. The van der Waals surface area contributed by atoms with Crippen molar-refractivity contribution in [1.29, 1.82) is 0 Å². The molecule has 1 aromatic carbocycles. The maximum Gasteiger partial charge on any atom is 0.333 e. The number of carbonyl (C=O) groups excluding carboxylic acids is 2. The highest BCUT2D eigenvalue weighted by atomic mass is 16.5. The van der Waals surface area contributed by atoms with Gasteiger partial charge in [0.2, 0.25) is 5.91 Å². The summed E-state index contributed by atoms with van der Waals surface area (Å²) in [4.78, 5) is 23.1. The molecule has 0 aliphatic rings.